The molecule has 0 aliphatic rings. The average molecular weight is 415 g/mol. The van der Waals surface area contributed by atoms with Crippen molar-refractivity contribution in [1.29, 1.82) is 0 Å². The fourth-order valence-corrected chi connectivity index (χ4v) is 2.99. The van der Waals surface area contributed by atoms with Crippen LogP contribution in [-0.2, 0) is 20.1 Å². The predicted molar refractivity (Wildman–Crippen MR) is 109 cm³/mol. The summed E-state index contributed by atoms with van der Waals surface area (Å²) in [7, 11) is 8.31. The number of methoxy groups -OCH3 is 3. The summed E-state index contributed by atoms with van der Waals surface area (Å²) in [6.07, 6.45) is 0. The summed E-state index contributed by atoms with van der Waals surface area (Å²) < 4.78 is 17.9. The second-order valence-electron chi connectivity index (χ2n) is 5.65. The number of benzene rings is 1. The van der Waals surface area contributed by atoms with E-state index in [9.17, 15) is 0 Å². The molecule has 0 saturated heterocycles. The second-order valence-corrected chi connectivity index (χ2v) is 6.41. The molecule has 2 rings (SSSR count). The Bertz CT molecular complexity index is 796. The molecule has 0 bridgehead atoms. The van der Waals surface area contributed by atoms with Crippen LogP contribution < -0.4 is 24.8 Å². The van der Waals surface area contributed by atoms with Crippen molar-refractivity contribution in [1.82, 2.24) is 15.2 Å². The first kappa shape index (κ1) is 21.1. The monoisotopic (exact) mass is 414 g/mol. The first-order chi connectivity index (χ1) is 12.9. The first-order valence-electron chi connectivity index (χ1n) is 8.18. The number of hydrogen-bond donors (Lipinski definition) is 2. The zero-order chi connectivity index (χ0) is 20.0. The zero-order valence-electron chi connectivity index (χ0n) is 16.0. The fraction of sp³-hybridized carbons (Fsp3) is 0.389. The molecule has 0 amide bonds. The normalized spacial score (nSPS) is 11.3. The Morgan fingerprint density at radius 2 is 1.59 bits per heavy atom. The molecule has 1 heterocycles. The quantitative estimate of drug-likeness (QED) is 0.537. The topological polar surface area (TPSA) is 69.0 Å². The highest BCUT2D eigenvalue weighted by Gasteiger charge is 2.14. The van der Waals surface area contributed by atoms with Crippen molar-refractivity contribution < 1.29 is 14.2 Å². The van der Waals surface area contributed by atoms with Gasteiger partial charge in [-0.2, -0.15) is 0 Å². The van der Waals surface area contributed by atoms with Crippen LogP contribution in [0.15, 0.2) is 23.2 Å². The number of hydrogen-bond acceptors (Lipinski definition) is 4. The van der Waals surface area contributed by atoms with Crippen molar-refractivity contribution in [2.75, 3.05) is 28.4 Å². The number of nitrogens with zero attached hydrogens (tertiary/aromatic N) is 2. The van der Waals surface area contributed by atoms with Gasteiger partial charge in [-0.1, -0.05) is 23.2 Å². The Morgan fingerprint density at radius 1 is 1.00 bits per heavy atom. The number of aromatic nitrogens is 1. The maximum absolute atomic E-state index is 6.09. The number of ether oxygens (including phenoxy) is 3. The predicted octanol–water partition coefficient (Wildman–Crippen LogP) is 3.22. The van der Waals surface area contributed by atoms with Crippen LogP contribution in [0.3, 0.4) is 0 Å². The highest BCUT2D eigenvalue weighted by molar-refractivity contribution is 6.41. The molecule has 0 saturated carbocycles. The summed E-state index contributed by atoms with van der Waals surface area (Å²) in [5, 5.41) is 7.51. The van der Waals surface area contributed by atoms with E-state index in [1.807, 2.05) is 29.8 Å². The first-order valence-corrected chi connectivity index (χ1v) is 8.93. The van der Waals surface area contributed by atoms with Gasteiger partial charge in [-0.3, -0.25) is 4.99 Å². The van der Waals surface area contributed by atoms with Crippen LogP contribution in [0, 0.1) is 0 Å². The van der Waals surface area contributed by atoms with Gasteiger partial charge in [0.1, 0.15) is 5.15 Å². The summed E-state index contributed by atoms with van der Waals surface area (Å²) in [6, 6.07) is 5.60. The lowest BCUT2D eigenvalue weighted by molar-refractivity contribution is 0.323. The van der Waals surface area contributed by atoms with Gasteiger partial charge in [-0.25, -0.2) is 0 Å². The minimum absolute atomic E-state index is 0.508. The molecule has 1 aromatic heterocycles. The van der Waals surface area contributed by atoms with Gasteiger partial charge in [0.05, 0.1) is 32.9 Å². The van der Waals surface area contributed by atoms with E-state index in [0.717, 1.165) is 11.3 Å². The van der Waals surface area contributed by atoms with Crippen LogP contribution in [0.4, 0.5) is 0 Å². The summed E-state index contributed by atoms with van der Waals surface area (Å²) in [4.78, 5) is 4.23. The van der Waals surface area contributed by atoms with E-state index in [2.05, 4.69) is 15.6 Å². The fourth-order valence-electron chi connectivity index (χ4n) is 2.58. The minimum atomic E-state index is 0.508. The Hall–Kier alpha value is -2.25. The van der Waals surface area contributed by atoms with Crippen molar-refractivity contribution in [3.63, 3.8) is 0 Å². The molecule has 2 N–H and O–H groups in total. The molecule has 0 radical (unpaired) electrons. The number of guanidine groups is 1. The van der Waals surface area contributed by atoms with Crippen molar-refractivity contribution in [2.24, 2.45) is 12.0 Å². The van der Waals surface area contributed by atoms with E-state index < -0.39 is 0 Å². The third kappa shape index (κ3) is 4.93. The molecule has 7 nitrogen and oxygen atoms in total. The van der Waals surface area contributed by atoms with Gasteiger partial charge >= 0.3 is 0 Å². The second kappa shape index (κ2) is 9.62. The number of aliphatic imine (C=N–C) groups is 1. The molecule has 0 unspecified atom stereocenters. The summed E-state index contributed by atoms with van der Waals surface area (Å²) in [5.74, 6) is 2.40. The van der Waals surface area contributed by atoms with Crippen molar-refractivity contribution in [3.05, 3.63) is 39.6 Å². The molecule has 9 heteroatoms. The molecule has 0 aliphatic carbocycles. The van der Waals surface area contributed by atoms with Crippen molar-refractivity contribution >= 4 is 29.2 Å². The van der Waals surface area contributed by atoms with Crippen LogP contribution in [0.5, 0.6) is 17.2 Å². The molecule has 0 aliphatic heterocycles. The SMILES string of the molecule is CN=C(NCc1cc(OC)c(OC)c(OC)c1)NCc1cc(Cl)c(Cl)n1C. The molecule has 2 aromatic rings. The molecule has 27 heavy (non-hydrogen) atoms. The van der Waals surface area contributed by atoms with E-state index in [1.165, 1.54) is 0 Å². The largest absolute Gasteiger partial charge is 0.493 e. The van der Waals surface area contributed by atoms with E-state index in [0.29, 0.717) is 46.5 Å². The van der Waals surface area contributed by atoms with Gasteiger partial charge in [0, 0.05) is 26.3 Å². The van der Waals surface area contributed by atoms with Crippen molar-refractivity contribution in [2.45, 2.75) is 13.1 Å². The smallest absolute Gasteiger partial charge is 0.203 e. The van der Waals surface area contributed by atoms with Crippen LogP contribution in [0.1, 0.15) is 11.3 Å². The Balaban J connectivity index is 2.04. The summed E-state index contributed by atoms with van der Waals surface area (Å²) in [5.41, 5.74) is 1.90. The average Bonchev–Trinajstić information content (AvgIpc) is 2.93. The van der Waals surface area contributed by atoms with Gasteiger partial charge in [0.2, 0.25) is 5.75 Å². The highest BCUT2D eigenvalue weighted by atomic mass is 35.5. The molecular weight excluding hydrogens is 391 g/mol. The zero-order valence-corrected chi connectivity index (χ0v) is 17.5. The van der Waals surface area contributed by atoms with Gasteiger partial charge in [0.25, 0.3) is 0 Å². The lowest BCUT2D eigenvalue weighted by Crippen LogP contribution is -2.36. The maximum atomic E-state index is 6.09. The molecule has 0 atom stereocenters. The van der Waals surface area contributed by atoms with Crippen LogP contribution in [0.25, 0.3) is 0 Å². The van der Waals surface area contributed by atoms with Crippen LogP contribution in [-0.4, -0.2) is 38.9 Å². The Labute approximate surface area is 169 Å². The molecule has 148 valence electrons. The molecule has 0 fully saturated rings. The van der Waals surface area contributed by atoms with Gasteiger partial charge in [0.15, 0.2) is 17.5 Å². The van der Waals surface area contributed by atoms with E-state index in [-0.39, 0.29) is 0 Å². The number of halogens is 2. The maximum Gasteiger partial charge on any atom is 0.203 e. The minimum Gasteiger partial charge on any atom is -0.493 e. The van der Waals surface area contributed by atoms with Gasteiger partial charge in [-0.15, -0.1) is 0 Å². The van der Waals surface area contributed by atoms with E-state index >= 15 is 0 Å². The number of nitrogens with one attached hydrogen (secondary N) is 2. The van der Waals surface area contributed by atoms with E-state index in [4.69, 9.17) is 37.4 Å². The van der Waals surface area contributed by atoms with Crippen molar-refractivity contribution in [3.8, 4) is 17.2 Å². The van der Waals surface area contributed by atoms with Crippen LogP contribution in [0.2, 0.25) is 10.2 Å². The lowest BCUT2D eigenvalue weighted by Gasteiger charge is -2.16. The van der Waals surface area contributed by atoms with Crippen LogP contribution >= 0.6 is 23.2 Å². The highest BCUT2D eigenvalue weighted by Crippen LogP contribution is 2.38. The summed E-state index contributed by atoms with van der Waals surface area (Å²) >= 11 is 12.1. The third-order valence-electron chi connectivity index (χ3n) is 4.06. The summed E-state index contributed by atoms with van der Waals surface area (Å²) in [6.45, 7) is 1.04. The third-order valence-corrected chi connectivity index (χ3v) is 4.90. The molecular formula is C18H24Cl2N4O3. The lowest BCUT2D eigenvalue weighted by atomic mass is 10.2. The Kier molecular flexibility index (Phi) is 7.50. The van der Waals surface area contributed by atoms with Gasteiger partial charge in [-0.05, 0) is 23.8 Å². The number of rotatable bonds is 7. The standard InChI is InChI=1S/C18H24Cl2N4O3/c1-21-18(23-10-12-8-13(19)17(20)24(12)2)22-9-11-6-14(25-3)16(27-5)15(7-11)26-4/h6-8H,9-10H2,1-5H3,(H2,21,22,23). The Morgan fingerprint density at radius 3 is 2.04 bits per heavy atom. The van der Waals surface area contributed by atoms with E-state index in [1.54, 1.807) is 28.4 Å². The molecule has 0 spiro atoms. The molecule has 1 aromatic carbocycles. The van der Waals surface area contributed by atoms with Gasteiger partial charge < -0.3 is 29.4 Å².